The van der Waals surface area contributed by atoms with E-state index in [0.29, 0.717) is 19.7 Å². The maximum Gasteiger partial charge on any atom is 0.322 e. The number of rotatable bonds is 4. The van der Waals surface area contributed by atoms with E-state index in [2.05, 4.69) is 5.32 Å². The molecule has 1 saturated heterocycles. The van der Waals surface area contributed by atoms with Crippen molar-refractivity contribution in [1.29, 1.82) is 0 Å². The molecule has 0 saturated carbocycles. The van der Waals surface area contributed by atoms with E-state index < -0.39 is 0 Å². The summed E-state index contributed by atoms with van der Waals surface area (Å²) in [6.07, 6.45) is 0.884. The zero-order chi connectivity index (χ0) is 13.7. The quantitative estimate of drug-likeness (QED) is 0.864. The predicted octanol–water partition coefficient (Wildman–Crippen LogP) is 1.47. The second-order valence-electron chi connectivity index (χ2n) is 4.62. The third-order valence-electron chi connectivity index (χ3n) is 3.30. The predicted molar refractivity (Wildman–Crippen MR) is 75.1 cm³/mol. The molecule has 1 aliphatic rings. The lowest BCUT2D eigenvalue weighted by Gasteiger charge is -2.23. The second kappa shape index (κ2) is 6.54. The molecule has 1 fully saturated rings. The number of anilines is 1. The van der Waals surface area contributed by atoms with Crippen LogP contribution in [-0.2, 0) is 11.3 Å². The van der Waals surface area contributed by atoms with Crippen LogP contribution in [0.4, 0.5) is 10.5 Å². The molecule has 0 bridgehead atoms. The molecular weight excluding hydrogens is 242 g/mol. The van der Waals surface area contributed by atoms with E-state index in [9.17, 15) is 4.79 Å². The summed E-state index contributed by atoms with van der Waals surface area (Å²) in [5.41, 5.74) is 7.52. The molecule has 0 aromatic heterocycles. The number of carbonyl (C=O) groups excluding carboxylic acids is 1. The number of hydrogen-bond donors (Lipinski definition) is 2. The SMILES string of the molecule is CCN(C(=O)NC1CCOC1)c1ccc(CN)cc1. The summed E-state index contributed by atoms with van der Waals surface area (Å²) in [6.45, 7) is 4.43. The van der Waals surface area contributed by atoms with Crippen LogP contribution in [0.25, 0.3) is 0 Å². The Morgan fingerprint density at radius 1 is 1.47 bits per heavy atom. The molecule has 1 aromatic rings. The van der Waals surface area contributed by atoms with E-state index >= 15 is 0 Å². The summed E-state index contributed by atoms with van der Waals surface area (Å²) in [5, 5.41) is 2.99. The van der Waals surface area contributed by atoms with Crippen LogP contribution in [0.15, 0.2) is 24.3 Å². The first-order valence-corrected chi connectivity index (χ1v) is 6.69. The summed E-state index contributed by atoms with van der Waals surface area (Å²) >= 11 is 0. The lowest BCUT2D eigenvalue weighted by molar-refractivity contribution is 0.189. The molecule has 0 radical (unpaired) electrons. The molecule has 2 amide bonds. The van der Waals surface area contributed by atoms with Crippen LogP contribution in [0.3, 0.4) is 0 Å². The van der Waals surface area contributed by atoms with Gasteiger partial charge in [-0.05, 0) is 31.0 Å². The number of amides is 2. The molecular formula is C14H21N3O2. The zero-order valence-electron chi connectivity index (χ0n) is 11.3. The fourth-order valence-corrected chi connectivity index (χ4v) is 2.16. The van der Waals surface area contributed by atoms with Crippen molar-refractivity contribution in [2.75, 3.05) is 24.7 Å². The van der Waals surface area contributed by atoms with Crippen LogP contribution in [-0.4, -0.2) is 31.8 Å². The molecule has 1 aromatic carbocycles. The fourth-order valence-electron chi connectivity index (χ4n) is 2.16. The first-order valence-electron chi connectivity index (χ1n) is 6.69. The molecule has 19 heavy (non-hydrogen) atoms. The Hall–Kier alpha value is -1.59. The number of urea groups is 1. The minimum absolute atomic E-state index is 0.0708. The van der Waals surface area contributed by atoms with Crippen LogP contribution in [0.5, 0.6) is 0 Å². The van der Waals surface area contributed by atoms with Gasteiger partial charge in [0.25, 0.3) is 0 Å². The van der Waals surface area contributed by atoms with Crippen LogP contribution in [0.2, 0.25) is 0 Å². The number of ether oxygens (including phenoxy) is 1. The standard InChI is InChI=1S/C14H21N3O2/c1-2-17(13-5-3-11(9-15)4-6-13)14(18)16-12-7-8-19-10-12/h3-6,12H,2,7-10,15H2,1H3,(H,16,18). The van der Waals surface area contributed by atoms with Gasteiger partial charge in [-0.3, -0.25) is 4.90 Å². The number of hydrogen-bond acceptors (Lipinski definition) is 3. The third kappa shape index (κ3) is 3.45. The fraction of sp³-hybridized carbons (Fsp3) is 0.500. The molecule has 1 heterocycles. The van der Waals surface area contributed by atoms with Crippen LogP contribution >= 0.6 is 0 Å². The van der Waals surface area contributed by atoms with Gasteiger partial charge in [0.2, 0.25) is 0 Å². The average molecular weight is 263 g/mol. The summed E-state index contributed by atoms with van der Waals surface area (Å²) in [4.78, 5) is 13.9. The van der Waals surface area contributed by atoms with Crippen molar-refractivity contribution >= 4 is 11.7 Å². The number of nitrogens with two attached hydrogens (primary N) is 1. The van der Waals surface area contributed by atoms with Crippen molar-refractivity contribution in [3.63, 3.8) is 0 Å². The Bertz CT molecular complexity index is 413. The maximum absolute atomic E-state index is 12.2. The molecule has 5 nitrogen and oxygen atoms in total. The van der Waals surface area contributed by atoms with Crippen LogP contribution < -0.4 is 16.0 Å². The zero-order valence-corrected chi connectivity index (χ0v) is 11.3. The number of benzene rings is 1. The molecule has 1 aliphatic heterocycles. The van der Waals surface area contributed by atoms with Gasteiger partial charge in [-0.2, -0.15) is 0 Å². The summed E-state index contributed by atoms with van der Waals surface area (Å²) < 4.78 is 5.26. The summed E-state index contributed by atoms with van der Waals surface area (Å²) in [6, 6.07) is 7.81. The largest absolute Gasteiger partial charge is 0.379 e. The van der Waals surface area contributed by atoms with Gasteiger partial charge in [0.15, 0.2) is 0 Å². The molecule has 0 aliphatic carbocycles. The molecule has 2 rings (SSSR count). The first kappa shape index (κ1) is 13.8. The normalized spacial score (nSPS) is 18.3. The molecule has 1 atom stereocenters. The van der Waals surface area contributed by atoms with Crippen molar-refractivity contribution in [2.24, 2.45) is 5.73 Å². The van der Waals surface area contributed by atoms with E-state index in [1.165, 1.54) is 0 Å². The van der Waals surface area contributed by atoms with E-state index in [1.54, 1.807) is 4.90 Å². The topological polar surface area (TPSA) is 67.6 Å². The number of carbonyl (C=O) groups is 1. The molecule has 5 heteroatoms. The van der Waals surface area contributed by atoms with Crippen molar-refractivity contribution in [1.82, 2.24) is 5.32 Å². The van der Waals surface area contributed by atoms with Gasteiger partial charge in [0.1, 0.15) is 0 Å². The maximum atomic E-state index is 12.2. The van der Waals surface area contributed by atoms with Crippen LogP contribution in [0.1, 0.15) is 18.9 Å². The summed E-state index contributed by atoms with van der Waals surface area (Å²) in [5.74, 6) is 0. The summed E-state index contributed by atoms with van der Waals surface area (Å²) in [7, 11) is 0. The Balaban J connectivity index is 2.02. The van der Waals surface area contributed by atoms with Gasteiger partial charge in [-0.15, -0.1) is 0 Å². The number of nitrogens with one attached hydrogen (secondary N) is 1. The molecule has 104 valence electrons. The minimum Gasteiger partial charge on any atom is -0.379 e. The van der Waals surface area contributed by atoms with Gasteiger partial charge in [-0.25, -0.2) is 4.79 Å². The van der Waals surface area contributed by atoms with Gasteiger partial charge >= 0.3 is 6.03 Å². The van der Waals surface area contributed by atoms with E-state index in [0.717, 1.165) is 24.3 Å². The monoisotopic (exact) mass is 263 g/mol. The highest BCUT2D eigenvalue weighted by Crippen LogP contribution is 2.16. The van der Waals surface area contributed by atoms with Gasteiger partial charge in [-0.1, -0.05) is 12.1 Å². The highest BCUT2D eigenvalue weighted by molar-refractivity contribution is 5.92. The minimum atomic E-state index is -0.0708. The van der Waals surface area contributed by atoms with Crippen molar-refractivity contribution < 1.29 is 9.53 Å². The molecule has 1 unspecified atom stereocenters. The Morgan fingerprint density at radius 3 is 2.74 bits per heavy atom. The smallest absolute Gasteiger partial charge is 0.322 e. The Morgan fingerprint density at radius 2 is 2.21 bits per heavy atom. The lowest BCUT2D eigenvalue weighted by atomic mass is 10.2. The molecule has 0 spiro atoms. The Kier molecular flexibility index (Phi) is 4.76. The highest BCUT2D eigenvalue weighted by atomic mass is 16.5. The number of nitrogens with zero attached hydrogens (tertiary/aromatic N) is 1. The van der Waals surface area contributed by atoms with E-state index in [1.807, 2.05) is 31.2 Å². The average Bonchev–Trinajstić information content (AvgIpc) is 2.93. The second-order valence-corrected chi connectivity index (χ2v) is 4.62. The van der Waals surface area contributed by atoms with E-state index in [-0.39, 0.29) is 12.1 Å². The molecule has 3 N–H and O–H groups in total. The van der Waals surface area contributed by atoms with Crippen molar-refractivity contribution in [3.8, 4) is 0 Å². The van der Waals surface area contributed by atoms with E-state index in [4.69, 9.17) is 10.5 Å². The lowest BCUT2D eigenvalue weighted by Crippen LogP contribution is -2.45. The third-order valence-corrected chi connectivity index (χ3v) is 3.30. The van der Waals surface area contributed by atoms with Crippen LogP contribution in [0, 0.1) is 0 Å². The first-order chi connectivity index (χ1) is 9.24. The van der Waals surface area contributed by atoms with Gasteiger partial charge in [0, 0.05) is 25.4 Å². The van der Waals surface area contributed by atoms with Gasteiger partial charge in [0.05, 0.1) is 12.6 Å². The van der Waals surface area contributed by atoms with Crippen molar-refractivity contribution in [2.45, 2.75) is 25.9 Å². The Labute approximate surface area is 113 Å². The van der Waals surface area contributed by atoms with Crippen molar-refractivity contribution in [3.05, 3.63) is 29.8 Å². The highest BCUT2D eigenvalue weighted by Gasteiger charge is 2.21. The van der Waals surface area contributed by atoms with Gasteiger partial charge < -0.3 is 15.8 Å².